The molecule has 4 heteroatoms. The van der Waals surface area contributed by atoms with E-state index in [-0.39, 0.29) is 0 Å². The number of hydrogen-bond donors (Lipinski definition) is 0. The Labute approximate surface area is 119 Å². The molecule has 0 unspecified atom stereocenters. The van der Waals surface area contributed by atoms with Gasteiger partial charge < -0.3 is 14.6 Å². The molecule has 0 aliphatic heterocycles. The Kier molecular flexibility index (Phi) is 16.8. The van der Waals surface area contributed by atoms with Crippen LogP contribution in [0.4, 0.5) is 0 Å². The van der Waals surface area contributed by atoms with Crippen molar-refractivity contribution in [3.8, 4) is 0 Å². The molecule has 0 aliphatic carbocycles. The van der Waals surface area contributed by atoms with Gasteiger partial charge in [0.15, 0.2) is 0 Å². The first-order valence-corrected chi connectivity index (χ1v) is 7.73. The maximum absolute atomic E-state index is 8.00. The third-order valence-corrected chi connectivity index (χ3v) is 3.18. The molecule has 0 amide bonds. The van der Waals surface area contributed by atoms with Crippen LogP contribution >= 0.6 is 0 Å². The number of rotatable bonds is 11. The van der Waals surface area contributed by atoms with Gasteiger partial charge in [-0.05, 0) is 12.8 Å². The summed E-state index contributed by atoms with van der Waals surface area (Å²) in [6.45, 7) is 3.62. The summed E-state index contributed by atoms with van der Waals surface area (Å²) in [6.07, 6.45) is 14.4. The third kappa shape index (κ3) is 26.8. The first kappa shape index (κ1) is 20.7. The van der Waals surface area contributed by atoms with E-state index in [9.17, 15) is 0 Å². The highest BCUT2D eigenvalue weighted by molar-refractivity contribution is 4.47. The van der Waals surface area contributed by atoms with E-state index in [1.165, 1.54) is 70.8 Å². The Bertz CT molecular complexity index is 179. The summed E-state index contributed by atoms with van der Waals surface area (Å²) in [5, 5.41) is 9.00. The summed E-state index contributed by atoms with van der Waals surface area (Å²) < 4.78 is 1.12. The van der Waals surface area contributed by atoms with Gasteiger partial charge in [0.05, 0.1) is 27.7 Å². The van der Waals surface area contributed by atoms with Gasteiger partial charge in [0.1, 0.15) is 0 Å². The molecule has 4 nitrogen and oxygen atoms in total. The van der Waals surface area contributed by atoms with Crippen molar-refractivity contribution in [3.63, 3.8) is 0 Å². The fourth-order valence-corrected chi connectivity index (χ4v) is 2.07. The lowest BCUT2D eigenvalue weighted by atomic mass is 10.1. The molecule has 0 fully saturated rings. The van der Waals surface area contributed by atoms with Crippen molar-refractivity contribution in [3.05, 3.63) is 10.1 Å². The van der Waals surface area contributed by atoms with Crippen LogP contribution in [0.1, 0.15) is 71.1 Å². The highest BCUT2D eigenvalue weighted by Crippen LogP contribution is 2.10. The Morgan fingerprint density at radius 1 is 0.789 bits per heavy atom. The molecule has 0 atom stereocenters. The normalized spacial score (nSPS) is 10.7. The van der Waals surface area contributed by atoms with Crippen LogP contribution in [0, 0.1) is 10.1 Å². The van der Waals surface area contributed by atoms with Crippen LogP contribution in [0.3, 0.4) is 0 Å². The van der Waals surface area contributed by atoms with Crippen molar-refractivity contribution in [2.45, 2.75) is 71.1 Å². The average molecular weight is 274 g/mol. The number of quaternary nitrogens is 1. The fraction of sp³-hybridized carbons (Fsp3) is 1.00. The first-order valence-electron chi connectivity index (χ1n) is 7.73. The van der Waals surface area contributed by atoms with E-state index in [1.807, 2.05) is 0 Å². The summed E-state index contributed by atoms with van der Waals surface area (Å²) in [7, 11) is 6.86. The van der Waals surface area contributed by atoms with Gasteiger partial charge in [0, 0.05) is 0 Å². The lowest BCUT2D eigenvalue weighted by Crippen LogP contribution is -2.35. The summed E-state index contributed by atoms with van der Waals surface area (Å²) >= 11 is 0. The quantitative estimate of drug-likeness (QED) is 0.234. The molecule has 0 heterocycles. The van der Waals surface area contributed by atoms with Crippen LogP contribution in [0.25, 0.3) is 0 Å². The molecule has 0 saturated carbocycles. The molecule has 0 radical (unpaired) electrons. The fourth-order valence-electron chi connectivity index (χ4n) is 2.07. The van der Waals surface area contributed by atoms with Gasteiger partial charge in [0.25, 0.3) is 0 Å². The highest BCUT2D eigenvalue weighted by Gasteiger charge is 2.04. The minimum Gasteiger partial charge on any atom is -0.444 e. The van der Waals surface area contributed by atoms with Crippen molar-refractivity contribution in [2.75, 3.05) is 27.7 Å². The molecule has 0 aromatic carbocycles. The maximum Gasteiger partial charge on any atom is 0.0780 e. The lowest BCUT2D eigenvalue weighted by molar-refractivity contribution is -0.870. The van der Waals surface area contributed by atoms with Gasteiger partial charge in [-0.15, -0.1) is 5.34 Å². The van der Waals surface area contributed by atoms with Gasteiger partial charge in [0.2, 0.25) is 0 Å². The third-order valence-electron chi connectivity index (χ3n) is 3.18. The predicted octanol–water partition coefficient (Wildman–Crippen LogP) is 4.86. The smallest absolute Gasteiger partial charge is 0.0780 e. The maximum atomic E-state index is 8.00. The molecule has 116 valence electrons. The lowest BCUT2D eigenvalue weighted by Gasteiger charge is -2.23. The van der Waals surface area contributed by atoms with Gasteiger partial charge in [-0.1, -0.05) is 58.3 Å². The molecule has 0 aliphatic rings. The van der Waals surface area contributed by atoms with Crippen molar-refractivity contribution < 1.29 is 4.48 Å². The summed E-state index contributed by atoms with van der Waals surface area (Å²) in [5.74, 6) is 0. The minimum absolute atomic E-state index is 1.00. The molecule has 0 spiro atoms. The molecule has 0 rings (SSSR count). The zero-order chi connectivity index (χ0) is 15.0. The second-order valence-electron chi connectivity index (χ2n) is 6.27. The first-order chi connectivity index (χ1) is 8.97. The van der Waals surface area contributed by atoms with E-state index in [1.54, 1.807) is 0 Å². The van der Waals surface area contributed by atoms with E-state index >= 15 is 0 Å². The Balaban J connectivity index is 0. The van der Waals surface area contributed by atoms with Gasteiger partial charge >= 0.3 is 0 Å². The van der Waals surface area contributed by atoms with Gasteiger partial charge in [-0.3, -0.25) is 0 Å². The van der Waals surface area contributed by atoms with Crippen LogP contribution in [-0.2, 0) is 0 Å². The van der Waals surface area contributed by atoms with Crippen LogP contribution in [-0.4, -0.2) is 32.2 Å². The second kappa shape index (κ2) is 15.4. The Morgan fingerprint density at radius 2 is 1.11 bits per heavy atom. The van der Waals surface area contributed by atoms with Crippen LogP contribution in [0.5, 0.6) is 0 Å². The van der Waals surface area contributed by atoms with Crippen molar-refractivity contribution >= 4 is 0 Å². The van der Waals surface area contributed by atoms with Crippen molar-refractivity contribution in [1.29, 1.82) is 0 Å². The molecular formula is C15H34N2O2. The molecule has 0 aromatic heterocycles. The monoisotopic (exact) mass is 274 g/mol. The van der Waals surface area contributed by atoms with Crippen molar-refractivity contribution in [2.24, 2.45) is 5.34 Å². The van der Waals surface area contributed by atoms with E-state index in [0.717, 1.165) is 9.82 Å². The second-order valence-corrected chi connectivity index (χ2v) is 6.27. The van der Waals surface area contributed by atoms with Gasteiger partial charge in [-0.2, -0.15) is 0 Å². The van der Waals surface area contributed by atoms with E-state index < -0.39 is 0 Å². The molecular weight excluding hydrogens is 240 g/mol. The Hall–Kier alpha value is -0.640. The van der Waals surface area contributed by atoms with Gasteiger partial charge in [-0.25, -0.2) is 0 Å². The molecule has 0 aromatic rings. The predicted molar refractivity (Wildman–Crippen MR) is 83.9 cm³/mol. The number of hydrogen-bond acceptors (Lipinski definition) is 3. The zero-order valence-corrected chi connectivity index (χ0v) is 13.5. The topological polar surface area (TPSA) is 52.5 Å². The summed E-state index contributed by atoms with van der Waals surface area (Å²) in [5.41, 5.74) is 0. The van der Waals surface area contributed by atoms with Crippen molar-refractivity contribution in [1.82, 2.24) is 0 Å². The van der Waals surface area contributed by atoms with E-state index in [0.29, 0.717) is 0 Å². The summed E-state index contributed by atoms with van der Waals surface area (Å²) in [6, 6.07) is 0. The van der Waals surface area contributed by atoms with Crippen LogP contribution in [0.15, 0.2) is 5.34 Å². The minimum atomic E-state index is 1.00. The molecule has 0 bridgehead atoms. The van der Waals surface area contributed by atoms with Crippen LogP contribution in [0.2, 0.25) is 0 Å². The number of unbranched alkanes of at least 4 members (excludes halogenated alkanes) is 9. The highest BCUT2D eigenvalue weighted by atomic mass is 16.6. The van der Waals surface area contributed by atoms with Crippen LogP contribution < -0.4 is 0 Å². The Morgan fingerprint density at radius 3 is 1.42 bits per heavy atom. The SMILES string of the molecule is CCCCCCCCCCCC[N+](C)(C)C.O=N[O-]. The standard InChI is InChI=1S/C15H34N.HNO2/c1-5-6-7-8-9-10-11-12-13-14-15-16(2,3)4;2-1-3/h5-15H2,1-4H3;(H,2,3)/q+1;/p-1. The van der Waals surface area contributed by atoms with E-state index in [4.69, 9.17) is 10.1 Å². The van der Waals surface area contributed by atoms with E-state index in [2.05, 4.69) is 28.1 Å². The molecule has 0 N–H and O–H groups in total. The molecule has 19 heavy (non-hydrogen) atoms. The zero-order valence-electron chi connectivity index (χ0n) is 13.5. The summed E-state index contributed by atoms with van der Waals surface area (Å²) in [4.78, 5) is 8.00. The number of nitrogens with zero attached hydrogens (tertiary/aromatic N) is 2. The average Bonchev–Trinajstić information content (AvgIpc) is 2.31. The largest absolute Gasteiger partial charge is 0.444 e. The molecule has 0 saturated heterocycles.